The Morgan fingerprint density at radius 1 is 1.00 bits per heavy atom. The molecule has 0 amide bonds. The molecule has 0 saturated heterocycles. The number of rotatable bonds is 3. The third-order valence-corrected chi connectivity index (χ3v) is 2.81. The number of benzene rings is 1. The lowest BCUT2D eigenvalue weighted by atomic mass is 10.1. The molecule has 0 aliphatic carbocycles. The molecule has 0 aliphatic rings. The van der Waals surface area contributed by atoms with E-state index in [0.717, 1.165) is 6.54 Å². The molecule has 3 nitrogen and oxygen atoms in total. The van der Waals surface area contributed by atoms with Crippen molar-refractivity contribution in [3.8, 4) is 0 Å². The van der Waals surface area contributed by atoms with Crippen LogP contribution in [0.4, 0.5) is 0 Å². The second-order valence-corrected chi connectivity index (χ2v) is 3.94. The average molecular weight is 223 g/mol. The van der Waals surface area contributed by atoms with Crippen LogP contribution in [0.2, 0.25) is 0 Å². The zero-order valence-electron chi connectivity index (χ0n) is 9.38. The molecule has 0 radical (unpaired) electrons. The maximum absolute atomic E-state index is 4.26. The van der Waals surface area contributed by atoms with Gasteiger partial charge in [-0.3, -0.25) is 9.66 Å². The first-order chi connectivity index (χ1) is 8.43. The van der Waals surface area contributed by atoms with Gasteiger partial charge in [-0.1, -0.05) is 24.3 Å². The van der Waals surface area contributed by atoms with Crippen molar-refractivity contribution in [3.63, 3.8) is 0 Å². The molecule has 0 unspecified atom stereocenters. The second kappa shape index (κ2) is 4.29. The predicted octanol–water partition coefficient (Wildman–Crippen LogP) is 2.78. The Bertz CT molecular complexity index is 609. The van der Waals surface area contributed by atoms with Crippen LogP contribution in [0, 0.1) is 0 Å². The lowest BCUT2D eigenvalue weighted by molar-refractivity contribution is 0.848. The Labute approximate surface area is 99.7 Å². The van der Waals surface area contributed by atoms with Crippen LogP contribution in [-0.4, -0.2) is 9.66 Å². The van der Waals surface area contributed by atoms with E-state index in [9.17, 15) is 0 Å². The standard InChI is InChI=1S/C14H13N3/c1-2-6-14-12(5-1)9-15-10-13(14)11-16-17-7-3-4-8-17/h1-10,16H,11H2. The fraction of sp³-hybridized carbons (Fsp3) is 0.0714. The van der Waals surface area contributed by atoms with Crippen molar-refractivity contribution in [1.29, 1.82) is 0 Å². The summed E-state index contributed by atoms with van der Waals surface area (Å²) in [5, 5.41) is 2.43. The van der Waals surface area contributed by atoms with Gasteiger partial charge >= 0.3 is 0 Å². The highest BCUT2D eigenvalue weighted by atomic mass is 15.4. The van der Waals surface area contributed by atoms with Gasteiger partial charge in [0.15, 0.2) is 0 Å². The van der Waals surface area contributed by atoms with E-state index < -0.39 is 0 Å². The van der Waals surface area contributed by atoms with Crippen molar-refractivity contribution >= 4 is 10.8 Å². The van der Waals surface area contributed by atoms with Gasteiger partial charge in [0, 0.05) is 30.2 Å². The third kappa shape index (κ3) is 1.99. The smallest absolute Gasteiger partial charge is 0.0585 e. The maximum atomic E-state index is 4.26. The van der Waals surface area contributed by atoms with Crippen molar-refractivity contribution in [2.24, 2.45) is 0 Å². The van der Waals surface area contributed by atoms with Crippen LogP contribution in [0.1, 0.15) is 5.56 Å². The molecule has 0 fully saturated rings. The van der Waals surface area contributed by atoms with Crippen LogP contribution in [0.15, 0.2) is 61.2 Å². The number of hydrogen-bond acceptors (Lipinski definition) is 2. The van der Waals surface area contributed by atoms with Crippen molar-refractivity contribution in [2.45, 2.75) is 6.54 Å². The molecule has 1 N–H and O–H groups in total. The minimum atomic E-state index is 0.767. The van der Waals surface area contributed by atoms with Crippen LogP contribution >= 0.6 is 0 Å². The largest absolute Gasteiger partial charge is 0.322 e. The lowest BCUT2D eigenvalue weighted by Gasteiger charge is -2.09. The summed E-state index contributed by atoms with van der Waals surface area (Å²) in [4.78, 5) is 4.26. The Hall–Kier alpha value is -2.29. The Kier molecular flexibility index (Phi) is 2.50. The summed E-state index contributed by atoms with van der Waals surface area (Å²) in [5.41, 5.74) is 4.52. The second-order valence-electron chi connectivity index (χ2n) is 3.94. The molecular weight excluding hydrogens is 210 g/mol. The van der Waals surface area contributed by atoms with Gasteiger partial charge < -0.3 is 5.43 Å². The number of pyridine rings is 1. The van der Waals surface area contributed by atoms with Crippen molar-refractivity contribution in [2.75, 3.05) is 5.43 Å². The average Bonchev–Trinajstić information content (AvgIpc) is 2.89. The normalized spacial score (nSPS) is 10.6. The van der Waals surface area contributed by atoms with Crippen LogP contribution in [0.3, 0.4) is 0 Å². The van der Waals surface area contributed by atoms with Crippen LogP contribution in [0.5, 0.6) is 0 Å². The molecule has 0 saturated carbocycles. The lowest BCUT2D eigenvalue weighted by Crippen LogP contribution is -2.12. The minimum Gasteiger partial charge on any atom is -0.322 e. The molecule has 2 aromatic heterocycles. The summed E-state index contributed by atoms with van der Waals surface area (Å²) in [6.45, 7) is 0.767. The van der Waals surface area contributed by atoms with Crippen molar-refractivity contribution < 1.29 is 0 Å². The zero-order chi connectivity index (χ0) is 11.5. The van der Waals surface area contributed by atoms with Crippen molar-refractivity contribution in [3.05, 3.63) is 66.7 Å². The van der Waals surface area contributed by atoms with Gasteiger partial charge in [-0.25, -0.2) is 0 Å². The number of aromatic nitrogens is 2. The summed E-state index contributed by atoms with van der Waals surface area (Å²) < 4.78 is 1.95. The van der Waals surface area contributed by atoms with Gasteiger partial charge in [0.25, 0.3) is 0 Å². The molecule has 3 aromatic rings. The molecule has 2 heterocycles. The van der Waals surface area contributed by atoms with Crippen molar-refractivity contribution in [1.82, 2.24) is 9.66 Å². The van der Waals surface area contributed by atoms with E-state index in [4.69, 9.17) is 0 Å². The molecule has 3 heteroatoms. The highest BCUT2D eigenvalue weighted by molar-refractivity contribution is 5.84. The highest BCUT2D eigenvalue weighted by Gasteiger charge is 2.00. The van der Waals surface area contributed by atoms with Gasteiger partial charge in [0.1, 0.15) is 0 Å². The quantitative estimate of drug-likeness (QED) is 0.740. The fourth-order valence-electron chi connectivity index (χ4n) is 1.94. The van der Waals surface area contributed by atoms with Gasteiger partial charge in [-0.05, 0) is 23.1 Å². The van der Waals surface area contributed by atoms with E-state index >= 15 is 0 Å². The third-order valence-electron chi connectivity index (χ3n) is 2.81. The monoisotopic (exact) mass is 223 g/mol. The van der Waals surface area contributed by atoms with E-state index in [1.807, 2.05) is 47.7 Å². The fourth-order valence-corrected chi connectivity index (χ4v) is 1.94. The predicted molar refractivity (Wildman–Crippen MR) is 69.2 cm³/mol. The molecule has 3 rings (SSSR count). The first-order valence-electron chi connectivity index (χ1n) is 5.62. The van der Waals surface area contributed by atoms with Crippen LogP contribution in [0.25, 0.3) is 10.8 Å². The minimum absolute atomic E-state index is 0.767. The summed E-state index contributed by atoms with van der Waals surface area (Å²) in [5.74, 6) is 0. The molecule has 84 valence electrons. The highest BCUT2D eigenvalue weighted by Crippen LogP contribution is 2.16. The van der Waals surface area contributed by atoms with E-state index in [2.05, 4.69) is 28.6 Å². The zero-order valence-corrected chi connectivity index (χ0v) is 9.38. The van der Waals surface area contributed by atoms with Gasteiger partial charge in [0.2, 0.25) is 0 Å². The topological polar surface area (TPSA) is 29.9 Å². The molecule has 17 heavy (non-hydrogen) atoms. The van der Waals surface area contributed by atoms with Gasteiger partial charge in [0.05, 0.1) is 6.54 Å². The molecular formula is C14H13N3. The summed E-state index contributed by atoms with van der Waals surface area (Å²) in [6.07, 6.45) is 7.78. The van der Waals surface area contributed by atoms with E-state index in [0.29, 0.717) is 0 Å². The maximum Gasteiger partial charge on any atom is 0.0585 e. The molecule has 0 aliphatic heterocycles. The molecule has 0 atom stereocenters. The van der Waals surface area contributed by atoms with Gasteiger partial charge in [-0.2, -0.15) is 0 Å². The summed E-state index contributed by atoms with van der Waals surface area (Å²) >= 11 is 0. The van der Waals surface area contributed by atoms with E-state index in [-0.39, 0.29) is 0 Å². The number of nitrogens with one attached hydrogen (secondary N) is 1. The SMILES string of the molecule is c1ccc2c(CNn3cccc3)cncc2c1. The molecule has 0 bridgehead atoms. The Balaban J connectivity index is 1.90. The molecule has 0 spiro atoms. The summed E-state index contributed by atoms with van der Waals surface area (Å²) in [7, 11) is 0. The van der Waals surface area contributed by atoms with Crippen LogP contribution in [-0.2, 0) is 6.54 Å². The first-order valence-corrected chi connectivity index (χ1v) is 5.62. The molecule has 1 aromatic carbocycles. The number of hydrogen-bond donors (Lipinski definition) is 1. The van der Waals surface area contributed by atoms with Crippen LogP contribution < -0.4 is 5.43 Å². The number of fused-ring (bicyclic) bond motifs is 1. The Morgan fingerprint density at radius 3 is 2.71 bits per heavy atom. The van der Waals surface area contributed by atoms with E-state index in [1.165, 1.54) is 16.3 Å². The van der Waals surface area contributed by atoms with E-state index in [1.54, 1.807) is 0 Å². The number of nitrogens with zero attached hydrogens (tertiary/aromatic N) is 2. The Morgan fingerprint density at radius 2 is 1.82 bits per heavy atom. The van der Waals surface area contributed by atoms with Gasteiger partial charge in [-0.15, -0.1) is 0 Å². The first kappa shape index (κ1) is 9.90. The summed E-state index contributed by atoms with van der Waals surface area (Å²) in [6, 6.07) is 12.3.